The molecule has 0 aromatic heterocycles. The Balaban J connectivity index is 2.13. The molecule has 4 nitrogen and oxygen atoms in total. The number of ether oxygens (including phenoxy) is 1. The quantitative estimate of drug-likeness (QED) is 0.759. The predicted molar refractivity (Wildman–Crippen MR) is 98.8 cm³/mol. The predicted octanol–water partition coefficient (Wildman–Crippen LogP) is 4.01. The molecule has 138 valence electrons. The molecule has 1 saturated carbocycles. The maximum absolute atomic E-state index is 12.8. The molecule has 0 spiro atoms. The Hall–Kier alpha value is -1.84. The van der Waals surface area contributed by atoms with Crippen LogP contribution in [-0.4, -0.2) is 17.5 Å². The van der Waals surface area contributed by atoms with E-state index in [1.807, 2.05) is 39.0 Å². The Morgan fingerprint density at radius 3 is 2.28 bits per heavy atom. The molecule has 0 heterocycles. The third-order valence-corrected chi connectivity index (χ3v) is 5.08. The van der Waals surface area contributed by atoms with E-state index < -0.39 is 11.0 Å². The van der Waals surface area contributed by atoms with Crippen molar-refractivity contribution in [2.75, 3.05) is 0 Å². The molecule has 1 aliphatic rings. The molecule has 1 fully saturated rings. The first-order chi connectivity index (χ1) is 11.7. The van der Waals surface area contributed by atoms with Gasteiger partial charge in [-0.2, -0.15) is 0 Å². The van der Waals surface area contributed by atoms with Gasteiger partial charge in [0.2, 0.25) is 5.91 Å². The van der Waals surface area contributed by atoms with Crippen LogP contribution in [-0.2, 0) is 20.7 Å². The van der Waals surface area contributed by atoms with E-state index in [4.69, 9.17) is 10.5 Å². The summed E-state index contributed by atoms with van der Waals surface area (Å²) >= 11 is 0. The molecule has 0 radical (unpaired) electrons. The number of primary amides is 1. The number of carbonyl (C=O) groups excluding carboxylic acids is 2. The molecule has 1 unspecified atom stereocenters. The minimum Gasteiger partial charge on any atom is -0.460 e. The summed E-state index contributed by atoms with van der Waals surface area (Å²) in [7, 11) is 0. The first-order valence-corrected chi connectivity index (χ1v) is 9.29. The van der Waals surface area contributed by atoms with Gasteiger partial charge in [0.25, 0.3) is 0 Å². The summed E-state index contributed by atoms with van der Waals surface area (Å²) in [5, 5.41) is 0. The molecule has 0 aliphatic heterocycles. The highest BCUT2D eigenvalue weighted by molar-refractivity contribution is 5.82. The van der Waals surface area contributed by atoms with Gasteiger partial charge in [0.05, 0.1) is 5.92 Å². The summed E-state index contributed by atoms with van der Waals surface area (Å²) in [6.07, 6.45) is 5.54. The fraction of sp³-hybridized carbons (Fsp3) is 0.619. The van der Waals surface area contributed by atoms with E-state index in [9.17, 15) is 9.59 Å². The number of rotatable bonds is 7. The van der Waals surface area contributed by atoms with Crippen LogP contribution in [0.1, 0.15) is 64.9 Å². The van der Waals surface area contributed by atoms with Crippen molar-refractivity contribution in [1.29, 1.82) is 0 Å². The molecule has 2 rings (SSSR count). The van der Waals surface area contributed by atoms with Crippen LogP contribution in [0.2, 0.25) is 0 Å². The lowest BCUT2D eigenvalue weighted by Gasteiger charge is -2.31. The average molecular weight is 345 g/mol. The first kappa shape index (κ1) is 19.5. The summed E-state index contributed by atoms with van der Waals surface area (Å²) in [6.45, 7) is 5.62. The largest absolute Gasteiger partial charge is 0.460 e. The Morgan fingerprint density at radius 1 is 1.16 bits per heavy atom. The van der Waals surface area contributed by atoms with Crippen molar-refractivity contribution in [3.8, 4) is 0 Å². The Morgan fingerprint density at radius 2 is 1.76 bits per heavy atom. The molecule has 1 atom stereocenters. The minimum absolute atomic E-state index is 0.212. The van der Waals surface area contributed by atoms with Gasteiger partial charge >= 0.3 is 5.97 Å². The van der Waals surface area contributed by atoms with Gasteiger partial charge in [-0.05, 0) is 58.4 Å². The number of esters is 1. The van der Waals surface area contributed by atoms with E-state index in [1.165, 1.54) is 5.56 Å². The molecule has 0 bridgehead atoms. The van der Waals surface area contributed by atoms with Crippen molar-refractivity contribution in [1.82, 2.24) is 0 Å². The molecule has 1 aromatic rings. The maximum Gasteiger partial charge on any atom is 0.309 e. The van der Waals surface area contributed by atoms with Gasteiger partial charge in [-0.1, -0.05) is 43.2 Å². The molecule has 25 heavy (non-hydrogen) atoms. The van der Waals surface area contributed by atoms with E-state index in [-0.39, 0.29) is 17.8 Å². The van der Waals surface area contributed by atoms with Crippen LogP contribution in [0.25, 0.3) is 0 Å². The van der Waals surface area contributed by atoms with Crippen molar-refractivity contribution < 1.29 is 14.3 Å². The standard InChI is InChI=1S/C21H31NO3/c1-20(2,3)25-18(23)17(12-11-16-9-5-4-6-10-16)15-21(19(22)24)13-7-8-14-21/h4-6,9-10,17H,7-8,11-15H2,1-3H3,(H2,22,24). The summed E-state index contributed by atoms with van der Waals surface area (Å²) < 4.78 is 5.63. The van der Waals surface area contributed by atoms with Gasteiger partial charge < -0.3 is 10.5 Å². The van der Waals surface area contributed by atoms with Crippen LogP contribution in [0.5, 0.6) is 0 Å². The number of carbonyl (C=O) groups is 2. The smallest absolute Gasteiger partial charge is 0.309 e. The highest BCUT2D eigenvalue weighted by atomic mass is 16.6. The second-order valence-electron chi connectivity index (χ2n) is 8.31. The Labute approximate surface area is 151 Å². The summed E-state index contributed by atoms with van der Waals surface area (Å²) in [6, 6.07) is 10.1. The number of amides is 1. The number of hydrogen-bond acceptors (Lipinski definition) is 3. The number of hydrogen-bond donors (Lipinski definition) is 1. The number of nitrogens with two attached hydrogens (primary N) is 1. The van der Waals surface area contributed by atoms with Gasteiger partial charge in [0, 0.05) is 5.41 Å². The van der Waals surface area contributed by atoms with E-state index in [0.29, 0.717) is 12.8 Å². The molecular weight excluding hydrogens is 314 g/mol. The van der Waals surface area contributed by atoms with E-state index in [1.54, 1.807) is 0 Å². The molecule has 4 heteroatoms. The van der Waals surface area contributed by atoms with Crippen molar-refractivity contribution in [2.45, 2.75) is 71.3 Å². The zero-order valence-corrected chi connectivity index (χ0v) is 15.7. The van der Waals surface area contributed by atoms with Crippen molar-refractivity contribution in [2.24, 2.45) is 17.1 Å². The van der Waals surface area contributed by atoms with Gasteiger partial charge in [0.15, 0.2) is 0 Å². The summed E-state index contributed by atoms with van der Waals surface area (Å²) in [5.41, 5.74) is 5.84. The van der Waals surface area contributed by atoms with E-state index in [0.717, 1.165) is 32.1 Å². The van der Waals surface area contributed by atoms with Crippen molar-refractivity contribution >= 4 is 11.9 Å². The normalized spacial score (nSPS) is 17.9. The summed E-state index contributed by atoms with van der Waals surface area (Å²) in [4.78, 5) is 24.9. The highest BCUT2D eigenvalue weighted by Gasteiger charge is 2.43. The van der Waals surface area contributed by atoms with Crippen LogP contribution < -0.4 is 5.73 Å². The zero-order chi connectivity index (χ0) is 18.5. The van der Waals surface area contributed by atoms with Crippen molar-refractivity contribution in [3.05, 3.63) is 35.9 Å². The van der Waals surface area contributed by atoms with E-state index in [2.05, 4.69) is 12.1 Å². The molecular formula is C21H31NO3. The molecule has 1 amide bonds. The Kier molecular flexibility index (Phi) is 6.26. The molecule has 2 N–H and O–H groups in total. The second kappa shape index (κ2) is 8.03. The van der Waals surface area contributed by atoms with Gasteiger partial charge in [-0.25, -0.2) is 0 Å². The summed E-state index contributed by atoms with van der Waals surface area (Å²) in [5.74, 6) is -0.778. The van der Waals surface area contributed by atoms with Crippen molar-refractivity contribution in [3.63, 3.8) is 0 Å². The SMILES string of the molecule is CC(C)(C)OC(=O)C(CCc1ccccc1)CC1(C(N)=O)CCCC1. The second-order valence-corrected chi connectivity index (χ2v) is 8.31. The average Bonchev–Trinajstić information content (AvgIpc) is 3.00. The van der Waals surface area contributed by atoms with Crippen LogP contribution in [0.15, 0.2) is 30.3 Å². The van der Waals surface area contributed by atoms with Crippen LogP contribution >= 0.6 is 0 Å². The number of aryl methyl sites for hydroxylation is 1. The third kappa shape index (κ3) is 5.58. The molecule has 1 aliphatic carbocycles. The fourth-order valence-corrected chi connectivity index (χ4v) is 3.75. The third-order valence-electron chi connectivity index (χ3n) is 5.08. The molecule has 1 aromatic carbocycles. The van der Waals surface area contributed by atoms with Gasteiger partial charge in [0.1, 0.15) is 5.60 Å². The fourth-order valence-electron chi connectivity index (χ4n) is 3.75. The maximum atomic E-state index is 12.8. The molecule has 0 saturated heterocycles. The zero-order valence-electron chi connectivity index (χ0n) is 15.7. The Bertz CT molecular complexity index is 583. The van der Waals surface area contributed by atoms with Gasteiger partial charge in [-0.15, -0.1) is 0 Å². The minimum atomic E-state index is -0.543. The highest BCUT2D eigenvalue weighted by Crippen LogP contribution is 2.44. The van der Waals surface area contributed by atoms with Crippen LogP contribution in [0.3, 0.4) is 0 Å². The first-order valence-electron chi connectivity index (χ1n) is 9.29. The lowest BCUT2D eigenvalue weighted by atomic mass is 9.75. The van der Waals surface area contributed by atoms with Gasteiger partial charge in [-0.3, -0.25) is 9.59 Å². The lowest BCUT2D eigenvalue weighted by molar-refractivity contribution is -0.161. The van der Waals surface area contributed by atoms with Crippen LogP contribution in [0, 0.1) is 11.3 Å². The topological polar surface area (TPSA) is 69.4 Å². The lowest BCUT2D eigenvalue weighted by Crippen LogP contribution is -2.39. The van der Waals surface area contributed by atoms with Crippen LogP contribution in [0.4, 0.5) is 0 Å². The monoisotopic (exact) mass is 345 g/mol. The van der Waals surface area contributed by atoms with E-state index >= 15 is 0 Å². The number of benzene rings is 1.